The van der Waals surface area contributed by atoms with Crippen molar-refractivity contribution in [3.63, 3.8) is 0 Å². The Morgan fingerprint density at radius 1 is 1.23 bits per heavy atom. The van der Waals surface area contributed by atoms with Gasteiger partial charge in [0.15, 0.2) is 0 Å². The first-order chi connectivity index (χ1) is 14.6. The first-order valence-electron chi connectivity index (χ1n) is 10.1. The van der Waals surface area contributed by atoms with E-state index in [9.17, 15) is 9.90 Å². The standard InChI is InChI=1S/C21H26N6O3/c1-30-11-10-27-9-6-14-12-17(25-18-13-22-7-8-23-18)26-20(19(14)21(27)29)24-15-2-4-16(28)5-3-15/h6-9,12-13,15-16,28H,2-5,10-11H2,1H3,(H2,23,24,25,26). The third-order valence-corrected chi connectivity index (χ3v) is 5.35. The zero-order valence-electron chi connectivity index (χ0n) is 16.9. The molecule has 3 aromatic rings. The molecule has 0 spiro atoms. The number of methoxy groups -OCH3 is 1. The van der Waals surface area contributed by atoms with Crippen molar-refractivity contribution in [2.75, 3.05) is 24.4 Å². The molecule has 1 fully saturated rings. The van der Waals surface area contributed by atoms with E-state index in [4.69, 9.17) is 9.72 Å². The third kappa shape index (κ3) is 4.58. The molecule has 0 aliphatic heterocycles. The van der Waals surface area contributed by atoms with E-state index in [1.54, 1.807) is 36.5 Å². The number of rotatable bonds is 7. The molecule has 0 saturated heterocycles. The van der Waals surface area contributed by atoms with Crippen LogP contribution in [0.25, 0.3) is 10.8 Å². The summed E-state index contributed by atoms with van der Waals surface area (Å²) >= 11 is 0. The highest BCUT2D eigenvalue weighted by molar-refractivity contribution is 5.93. The SMILES string of the molecule is COCCn1ccc2cc(Nc3cnccn3)nc(NC3CCC(O)CC3)c2c1=O. The first-order valence-corrected chi connectivity index (χ1v) is 10.1. The van der Waals surface area contributed by atoms with E-state index in [0.717, 1.165) is 31.1 Å². The van der Waals surface area contributed by atoms with Gasteiger partial charge in [-0.05, 0) is 43.2 Å². The number of ether oxygens (including phenoxy) is 1. The summed E-state index contributed by atoms with van der Waals surface area (Å²) in [6.07, 6.45) is 9.49. The minimum absolute atomic E-state index is 0.110. The van der Waals surface area contributed by atoms with E-state index in [0.29, 0.717) is 36.0 Å². The number of nitrogens with one attached hydrogen (secondary N) is 2. The predicted octanol–water partition coefficient (Wildman–Crippen LogP) is 2.29. The molecule has 0 amide bonds. The molecule has 30 heavy (non-hydrogen) atoms. The van der Waals surface area contributed by atoms with E-state index in [-0.39, 0.29) is 17.7 Å². The van der Waals surface area contributed by atoms with Crippen LogP contribution in [0, 0.1) is 0 Å². The van der Waals surface area contributed by atoms with Gasteiger partial charge in [-0.15, -0.1) is 0 Å². The van der Waals surface area contributed by atoms with Crippen molar-refractivity contribution in [3.05, 3.63) is 47.3 Å². The Morgan fingerprint density at radius 2 is 2.07 bits per heavy atom. The molecule has 158 valence electrons. The Hall–Kier alpha value is -3.04. The van der Waals surface area contributed by atoms with Crippen LogP contribution >= 0.6 is 0 Å². The smallest absolute Gasteiger partial charge is 0.262 e. The van der Waals surface area contributed by atoms with Gasteiger partial charge in [0.05, 0.1) is 24.3 Å². The van der Waals surface area contributed by atoms with E-state index in [2.05, 4.69) is 20.6 Å². The van der Waals surface area contributed by atoms with Crippen LogP contribution in [-0.4, -0.2) is 50.5 Å². The van der Waals surface area contributed by atoms with Gasteiger partial charge in [0.2, 0.25) is 0 Å². The van der Waals surface area contributed by atoms with Gasteiger partial charge in [0.25, 0.3) is 5.56 Å². The van der Waals surface area contributed by atoms with Crippen molar-refractivity contribution < 1.29 is 9.84 Å². The molecule has 0 unspecified atom stereocenters. The van der Waals surface area contributed by atoms with E-state index in [1.165, 1.54) is 0 Å². The summed E-state index contributed by atoms with van der Waals surface area (Å²) in [7, 11) is 1.61. The number of hydrogen-bond donors (Lipinski definition) is 3. The fourth-order valence-electron chi connectivity index (χ4n) is 3.75. The summed E-state index contributed by atoms with van der Waals surface area (Å²) in [5.41, 5.74) is -0.110. The number of anilines is 3. The normalized spacial score (nSPS) is 19.0. The Bertz CT molecular complexity index is 1050. The van der Waals surface area contributed by atoms with Crippen molar-refractivity contribution in [1.29, 1.82) is 0 Å². The van der Waals surface area contributed by atoms with E-state index >= 15 is 0 Å². The summed E-state index contributed by atoms with van der Waals surface area (Å²) in [6.45, 7) is 0.925. The van der Waals surface area contributed by atoms with Gasteiger partial charge in [0.1, 0.15) is 17.5 Å². The molecule has 0 atom stereocenters. The predicted molar refractivity (Wildman–Crippen MR) is 115 cm³/mol. The highest BCUT2D eigenvalue weighted by Crippen LogP contribution is 2.27. The lowest BCUT2D eigenvalue weighted by Crippen LogP contribution is -2.30. The molecular formula is C21H26N6O3. The molecule has 9 nitrogen and oxygen atoms in total. The Labute approximate surface area is 174 Å². The highest BCUT2D eigenvalue weighted by Gasteiger charge is 2.21. The maximum atomic E-state index is 13.2. The molecular weight excluding hydrogens is 384 g/mol. The molecule has 3 heterocycles. The van der Waals surface area contributed by atoms with Gasteiger partial charge in [-0.2, -0.15) is 0 Å². The second kappa shape index (κ2) is 9.19. The topological polar surface area (TPSA) is 114 Å². The fraction of sp³-hybridized carbons (Fsp3) is 0.429. The summed E-state index contributed by atoms with van der Waals surface area (Å²) in [4.78, 5) is 26.2. The monoisotopic (exact) mass is 410 g/mol. The van der Waals surface area contributed by atoms with Crippen molar-refractivity contribution >= 4 is 28.2 Å². The molecule has 1 saturated carbocycles. The zero-order chi connectivity index (χ0) is 20.9. The average Bonchev–Trinajstić information content (AvgIpc) is 2.75. The Kier molecular flexibility index (Phi) is 6.20. The summed E-state index contributed by atoms with van der Waals surface area (Å²) < 4.78 is 6.76. The number of hydrogen-bond acceptors (Lipinski definition) is 8. The van der Waals surface area contributed by atoms with Crippen LogP contribution in [-0.2, 0) is 11.3 Å². The number of pyridine rings is 2. The van der Waals surface area contributed by atoms with Gasteiger partial charge in [-0.1, -0.05) is 0 Å². The Balaban J connectivity index is 1.73. The van der Waals surface area contributed by atoms with Gasteiger partial charge in [-0.3, -0.25) is 9.78 Å². The highest BCUT2D eigenvalue weighted by atomic mass is 16.5. The van der Waals surface area contributed by atoms with Crippen LogP contribution in [0.1, 0.15) is 25.7 Å². The Morgan fingerprint density at radius 3 is 2.80 bits per heavy atom. The zero-order valence-corrected chi connectivity index (χ0v) is 16.9. The van der Waals surface area contributed by atoms with Crippen LogP contribution < -0.4 is 16.2 Å². The second-order valence-corrected chi connectivity index (χ2v) is 7.49. The van der Waals surface area contributed by atoms with Crippen LogP contribution in [0.15, 0.2) is 41.7 Å². The number of aliphatic hydroxyl groups excluding tert-OH is 1. The van der Waals surface area contributed by atoms with Crippen molar-refractivity contribution in [1.82, 2.24) is 19.5 Å². The lowest BCUT2D eigenvalue weighted by atomic mass is 9.93. The summed E-state index contributed by atoms with van der Waals surface area (Å²) in [6, 6.07) is 3.90. The van der Waals surface area contributed by atoms with Crippen LogP contribution in [0.4, 0.5) is 17.5 Å². The summed E-state index contributed by atoms with van der Waals surface area (Å²) in [5.74, 6) is 1.69. The fourth-order valence-corrected chi connectivity index (χ4v) is 3.75. The molecule has 3 N–H and O–H groups in total. The molecule has 1 aliphatic carbocycles. The van der Waals surface area contributed by atoms with Crippen molar-refractivity contribution in [3.8, 4) is 0 Å². The lowest BCUT2D eigenvalue weighted by Gasteiger charge is -2.27. The molecule has 4 rings (SSSR count). The molecule has 0 aromatic carbocycles. The minimum atomic E-state index is -0.247. The number of aliphatic hydroxyl groups is 1. The first kappa shape index (κ1) is 20.2. The van der Waals surface area contributed by atoms with E-state index in [1.807, 2.05) is 12.1 Å². The quantitative estimate of drug-likeness (QED) is 0.544. The maximum absolute atomic E-state index is 13.2. The molecule has 1 aliphatic rings. The third-order valence-electron chi connectivity index (χ3n) is 5.35. The van der Waals surface area contributed by atoms with Crippen molar-refractivity contribution in [2.24, 2.45) is 0 Å². The average molecular weight is 410 g/mol. The van der Waals surface area contributed by atoms with Crippen LogP contribution in [0.5, 0.6) is 0 Å². The maximum Gasteiger partial charge on any atom is 0.262 e. The van der Waals surface area contributed by atoms with Gasteiger partial charge >= 0.3 is 0 Å². The molecule has 3 aromatic heterocycles. The van der Waals surface area contributed by atoms with Crippen molar-refractivity contribution in [2.45, 2.75) is 44.4 Å². The second-order valence-electron chi connectivity index (χ2n) is 7.49. The molecule has 0 radical (unpaired) electrons. The molecule has 9 heteroatoms. The van der Waals surface area contributed by atoms with Gasteiger partial charge < -0.3 is 25.0 Å². The number of aromatic nitrogens is 4. The van der Waals surface area contributed by atoms with Gasteiger partial charge in [0, 0.05) is 38.3 Å². The van der Waals surface area contributed by atoms with E-state index < -0.39 is 0 Å². The lowest BCUT2D eigenvalue weighted by molar-refractivity contribution is 0.126. The summed E-state index contributed by atoms with van der Waals surface area (Å²) in [5, 5.41) is 17.7. The molecule has 0 bridgehead atoms. The minimum Gasteiger partial charge on any atom is -0.393 e. The largest absolute Gasteiger partial charge is 0.393 e. The number of fused-ring (bicyclic) bond motifs is 1. The van der Waals surface area contributed by atoms with Crippen LogP contribution in [0.2, 0.25) is 0 Å². The van der Waals surface area contributed by atoms with Gasteiger partial charge in [-0.25, -0.2) is 9.97 Å². The number of nitrogens with zero attached hydrogens (tertiary/aromatic N) is 4. The van der Waals surface area contributed by atoms with Crippen LogP contribution in [0.3, 0.4) is 0 Å².